The molecule has 0 aliphatic rings. The zero-order valence-electron chi connectivity index (χ0n) is 4.51. The minimum Gasteiger partial charge on any atom is -0.477 e. The van der Waals surface area contributed by atoms with Crippen LogP contribution in [0.4, 0.5) is 0 Å². The molecule has 0 aromatic carbocycles. The number of aliphatic carboxylic acids is 1. The molecule has 6 nitrogen and oxygen atoms in total. The van der Waals surface area contributed by atoms with Crippen LogP contribution in [0.2, 0.25) is 0 Å². The van der Waals surface area contributed by atoms with Gasteiger partial charge in [-0.1, -0.05) is 0 Å². The lowest BCUT2D eigenvalue weighted by atomic mass is 10.6. The summed E-state index contributed by atoms with van der Waals surface area (Å²) in [4.78, 5) is 35.5. The summed E-state index contributed by atoms with van der Waals surface area (Å²) in [6.45, 7) is 0. The summed E-state index contributed by atoms with van der Waals surface area (Å²) >= 11 is 0. The van der Waals surface area contributed by atoms with E-state index in [2.05, 4.69) is 0 Å². The number of hydrogen-bond donors (Lipinski definition) is 3. The van der Waals surface area contributed by atoms with Crippen molar-refractivity contribution < 1.29 is 29.0 Å². The van der Waals surface area contributed by atoms with Gasteiger partial charge in [0.1, 0.15) is 5.94 Å². The molecule has 7 heteroatoms. The Morgan fingerprint density at radius 1 is 1.40 bits per heavy atom. The highest BCUT2D eigenvalue weighted by Crippen LogP contribution is 2.42. The standard InChI is InChI=1S/C3H3O6P/c4-1-2(3(5)6)10(7,8)9/h(H,5,6)(H2,7,8,9). The maximum absolute atomic E-state index is 10.0. The second-order valence-corrected chi connectivity index (χ2v) is 2.84. The van der Waals surface area contributed by atoms with Crippen LogP contribution in [-0.4, -0.2) is 26.8 Å². The summed E-state index contributed by atoms with van der Waals surface area (Å²) in [5.41, 5.74) is 0. The maximum Gasteiger partial charge on any atom is 0.374 e. The largest absolute Gasteiger partial charge is 0.477 e. The van der Waals surface area contributed by atoms with E-state index >= 15 is 0 Å². The average molecular weight is 166 g/mol. The Hall–Kier alpha value is -0.930. The summed E-state index contributed by atoms with van der Waals surface area (Å²) in [5, 5.41) is 6.37. The minimum atomic E-state index is -4.94. The van der Waals surface area contributed by atoms with Gasteiger partial charge in [-0.25, -0.2) is 9.59 Å². The number of carboxylic acids is 1. The van der Waals surface area contributed by atoms with Gasteiger partial charge in [0.05, 0.1) is 0 Å². The van der Waals surface area contributed by atoms with Crippen molar-refractivity contribution in [2.75, 3.05) is 0 Å². The van der Waals surface area contributed by atoms with E-state index in [0.717, 1.165) is 0 Å². The fraction of sp³-hybridized carbons (Fsp3) is 0. The van der Waals surface area contributed by atoms with Crippen molar-refractivity contribution in [3.63, 3.8) is 0 Å². The third-order valence-corrected chi connectivity index (χ3v) is 1.46. The summed E-state index contributed by atoms with van der Waals surface area (Å²) in [5.74, 6) is -1.31. The quantitative estimate of drug-likeness (QED) is 0.274. The van der Waals surface area contributed by atoms with Gasteiger partial charge in [-0.2, -0.15) is 0 Å². The zero-order valence-corrected chi connectivity index (χ0v) is 5.41. The fourth-order valence-electron chi connectivity index (χ4n) is 0.228. The number of carbonyl (C=O) groups is 1. The van der Waals surface area contributed by atoms with Crippen molar-refractivity contribution >= 4 is 19.5 Å². The molecule has 0 saturated carbocycles. The van der Waals surface area contributed by atoms with E-state index in [9.17, 15) is 14.2 Å². The second-order valence-electron chi connectivity index (χ2n) is 1.30. The second kappa shape index (κ2) is 2.77. The summed E-state index contributed by atoms with van der Waals surface area (Å²) in [6, 6.07) is 0. The number of carbonyl (C=O) groups excluding carboxylic acids is 1. The van der Waals surface area contributed by atoms with Crippen LogP contribution in [0, 0.1) is 0 Å². The monoisotopic (exact) mass is 166 g/mol. The van der Waals surface area contributed by atoms with Gasteiger partial charge >= 0.3 is 13.6 Å². The van der Waals surface area contributed by atoms with Crippen molar-refractivity contribution in [3.05, 3.63) is 5.31 Å². The van der Waals surface area contributed by atoms with Crippen molar-refractivity contribution in [2.24, 2.45) is 0 Å². The van der Waals surface area contributed by atoms with E-state index < -0.39 is 18.9 Å². The van der Waals surface area contributed by atoms with Crippen LogP contribution in [0.5, 0.6) is 0 Å². The molecule has 0 aliphatic carbocycles. The van der Waals surface area contributed by atoms with Gasteiger partial charge in [0.2, 0.25) is 5.31 Å². The molecule has 56 valence electrons. The topological polar surface area (TPSA) is 112 Å². The molecule has 0 rings (SSSR count). The molecule has 0 fully saturated rings. The molecule has 0 unspecified atom stereocenters. The molecule has 0 amide bonds. The highest BCUT2D eigenvalue weighted by molar-refractivity contribution is 7.58. The molecule has 3 N–H and O–H groups in total. The third kappa shape index (κ3) is 2.13. The number of rotatable bonds is 2. The highest BCUT2D eigenvalue weighted by Gasteiger charge is 2.29. The molecule has 10 heavy (non-hydrogen) atoms. The number of carboxylic acid groups (broad SMARTS) is 1. The highest BCUT2D eigenvalue weighted by atomic mass is 31.2. The predicted octanol–water partition coefficient (Wildman–Crippen LogP) is -1.04. The summed E-state index contributed by atoms with van der Waals surface area (Å²) in [6.07, 6.45) is 0. The van der Waals surface area contributed by atoms with Crippen LogP contribution in [0.25, 0.3) is 0 Å². The van der Waals surface area contributed by atoms with Crippen molar-refractivity contribution in [2.45, 2.75) is 0 Å². The van der Waals surface area contributed by atoms with Gasteiger partial charge in [0.15, 0.2) is 0 Å². The molecule has 0 aromatic heterocycles. The van der Waals surface area contributed by atoms with E-state index in [-0.39, 0.29) is 0 Å². The van der Waals surface area contributed by atoms with Crippen LogP contribution in [-0.2, 0) is 14.2 Å². The van der Waals surface area contributed by atoms with Crippen molar-refractivity contribution in [1.29, 1.82) is 0 Å². The Kier molecular flexibility index (Phi) is 2.51. The van der Waals surface area contributed by atoms with Gasteiger partial charge in [-0.15, -0.1) is 0 Å². The first kappa shape index (κ1) is 9.07. The first-order valence-electron chi connectivity index (χ1n) is 1.94. The molecule has 0 saturated heterocycles. The fourth-order valence-corrected chi connectivity index (χ4v) is 0.596. The zero-order chi connectivity index (χ0) is 8.36. The predicted molar refractivity (Wildman–Crippen MR) is 28.9 cm³/mol. The Morgan fingerprint density at radius 3 is 1.80 bits per heavy atom. The molecular formula is C3H3O6P. The van der Waals surface area contributed by atoms with Crippen LogP contribution >= 0.6 is 7.60 Å². The molecule has 0 atom stereocenters. The first-order valence-corrected chi connectivity index (χ1v) is 3.55. The molecule has 0 radical (unpaired) electrons. The van der Waals surface area contributed by atoms with Gasteiger partial charge in [-0.05, 0) is 0 Å². The van der Waals surface area contributed by atoms with E-state index in [4.69, 9.17) is 14.9 Å². The third-order valence-electron chi connectivity index (χ3n) is 0.591. The Labute approximate surface area is 54.9 Å². The molecule has 0 aliphatic heterocycles. The van der Waals surface area contributed by atoms with Crippen LogP contribution < -0.4 is 0 Å². The lowest BCUT2D eigenvalue weighted by Gasteiger charge is -1.97. The van der Waals surface area contributed by atoms with Gasteiger partial charge in [0, 0.05) is 0 Å². The van der Waals surface area contributed by atoms with Crippen LogP contribution in [0.3, 0.4) is 0 Å². The van der Waals surface area contributed by atoms with E-state index in [1.54, 1.807) is 0 Å². The Morgan fingerprint density at radius 2 is 1.80 bits per heavy atom. The van der Waals surface area contributed by atoms with Gasteiger partial charge in [0.25, 0.3) is 0 Å². The van der Waals surface area contributed by atoms with Gasteiger partial charge < -0.3 is 14.9 Å². The lowest BCUT2D eigenvalue weighted by Crippen LogP contribution is -2.01. The Balaban J connectivity index is 4.94. The van der Waals surface area contributed by atoms with Crippen LogP contribution in [0.1, 0.15) is 0 Å². The van der Waals surface area contributed by atoms with Crippen LogP contribution in [0.15, 0.2) is 5.31 Å². The summed E-state index contributed by atoms with van der Waals surface area (Å²) < 4.78 is 10.0. The average Bonchev–Trinajstić information content (AvgIpc) is 1.60. The Bertz CT molecular complexity index is 242. The molecule has 0 heterocycles. The minimum absolute atomic E-state index is 0.645. The van der Waals surface area contributed by atoms with Gasteiger partial charge in [-0.3, -0.25) is 4.57 Å². The first-order chi connectivity index (χ1) is 4.39. The molecule has 0 bridgehead atoms. The smallest absolute Gasteiger partial charge is 0.374 e. The van der Waals surface area contributed by atoms with E-state index in [0.29, 0.717) is 5.94 Å². The number of hydrogen-bond acceptors (Lipinski definition) is 3. The van der Waals surface area contributed by atoms with E-state index in [1.165, 1.54) is 0 Å². The molecule has 0 aromatic rings. The molecular weight excluding hydrogens is 163 g/mol. The summed E-state index contributed by atoms with van der Waals surface area (Å²) in [7, 11) is -4.94. The maximum atomic E-state index is 10.0. The van der Waals surface area contributed by atoms with Crippen molar-refractivity contribution in [3.8, 4) is 0 Å². The van der Waals surface area contributed by atoms with E-state index in [1.807, 2.05) is 0 Å². The molecule has 0 spiro atoms. The normalized spacial score (nSPS) is 10.2. The van der Waals surface area contributed by atoms with Crippen molar-refractivity contribution in [1.82, 2.24) is 0 Å². The SMILES string of the molecule is O=C=C(C(=O)O)P(=O)(O)O. The lowest BCUT2D eigenvalue weighted by molar-refractivity contribution is -0.131.